The Morgan fingerprint density at radius 1 is 1.21 bits per heavy atom. The van der Waals surface area contributed by atoms with Gasteiger partial charge in [-0.15, -0.1) is 0 Å². The van der Waals surface area contributed by atoms with Gasteiger partial charge in [0.1, 0.15) is 5.82 Å². The highest BCUT2D eigenvalue weighted by atomic mass is 35.6. The zero-order chi connectivity index (χ0) is 14.7. The molecule has 106 valence electrons. The van der Waals surface area contributed by atoms with Gasteiger partial charge in [0.25, 0.3) is 0 Å². The summed E-state index contributed by atoms with van der Waals surface area (Å²) in [6.45, 7) is 0. The second kappa shape index (κ2) is 6.13. The summed E-state index contributed by atoms with van der Waals surface area (Å²) in [5, 5.41) is 2.30. The second-order valence-corrected chi connectivity index (χ2v) is 5.79. The molecule has 1 atom stereocenters. The lowest BCUT2D eigenvalue weighted by Gasteiger charge is -2.38. The van der Waals surface area contributed by atoms with Crippen molar-refractivity contribution in [1.29, 1.82) is 0 Å². The Morgan fingerprint density at radius 2 is 1.74 bits per heavy atom. The van der Waals surface area contributed by atoms with Gasteiger partial charge in [0.2, 0.25) is 9.52 Å². The summed E-state index contributed by atoms with van der Waals surface area (Å²) in [7, 11) is 2.39. The summed E-state index contributed by atoms with van der Waals surface area (Å²) in [5.74, 6) is -0.476. The normalized spacial score (nSPS) is 14.6. The van der Waals surface area contributed by atoms with Crippen molar-refractivity contribution in [2.75, 3.05) is 14.2 Å². The highest BCUT2D eigenvalue weighted by Crippen LogP contribution is 2.45. The fourth-order valence-electron chi connectivity index (χ4n) is 1.47. The van der Waals surface area contributed by atoms with Crippen LogP contribution in [0.3, 0.4) is 0 Å². The number of benzene rings is 1. The van der Waals surface area contributed by atoms with Crippen LogP contribution < -0.4 is 5.32 Å². The van der Waals surface area contributed by atoms with Crippen molar-refractivity contribution in [3.8, 4) is 0 Å². The van der Waals surface area contributed by atoms with Crippen LogP contribution in [-0.2, 0) is 15.2 Å². The summed E-state index contributed by atoms with van der Waals surface area (Å²) in [6, 6.07) is 4.96. The number of ether oxygens (including phenoxy) is 2. The van der Waals surface area contributed by atoms with E-state index in [9.17, 15) is 9.18 Å². The van der Waals surface area contributed by atoms with Crippen molar-refractivity contribution in [3.05, 3.63) is 35.6 Å². The SMILES string of the molecule is COC(=O)NC(OC)(c1ccc(F)cc1)C(Cl)(Cl)Cl. The molecule has 1 aromatic carbocycles. The number of halogens is 4. The quantitative estimate of drug-likeness (QED) is 0.683. The van der Waals surface area contributed by atoms with Gasteiger partial charge in [-0.1, -0.05) is 46.9 Å². The minimum absolute atomic E-state index is 0.252. The van der Waals surface area contributed by atoms with Crippen LogP contribution in [-0.4, -0.2) is 24.1 Å². The Bertz CT molecular complexity index is 449. The molecule has 0 spiro atoms. The maximum absolute atomic E-state index is 13.0. The molecule has 19 heavy (non-hydrogen) atoms. The van der Waals surface area contributed by atoms with Crippen molar-refractivity contribution < 1.29 is 18.7 Å². The molecule has 0 aliphatic rings. The van der Waals surface area contributed by atoms with E-state index in [1.807, 2.05) is 0 Å². The number of methoxy groups -OCH3 is 2. The summed E-state index contributed by atoms with van der Waals surface area (Å²) >= 11 is 17.6. The van der Waals surface area contributed by atoms with Crippen LogP contribution in [0.4, 0.5) is 9.18 Å². The smallest absolute Gasteiger partial charge is 0.409 e. The Kier molecular flexibility index (Phi) is 5.26. The van der Waals surface area contributed by atoms with Crippen LogP contribution >= 0.6 is 34.8 Å². The summed E-state index contributed by atoms with van der Waals surface area (Å²) in [6.07, 6.45) is -0.863. The zero-order valence-corrected chi connectivity index (χ0v) is 12.3. The van der Waals surface area contributed by atoms with Crippen LogP contribution in [0, 0.1) is 5.82 Å². The van der Waals surface area contributed by atoms with E-state index in [2.05, 4.69) is 10.1 Å². The third-order valence-electron chi connectivity index (χ3n) is 2.42. The molecular formula is C11H11Cl3FNO3. The Morgan fingerprint density at radius 3 is 2.11 bits per heavy atom. The number of alkyl halides is 3. The average molecular weight is 331 g/mol. The molecule has 8 heteroatoms. The zero-order valence-electron chi connectivity index (χ0n) is 10.0. The number of rotatable bonds is 3. The Balaban J connectivity index is 3.32. The minimum atomic E-state index is -2.05. The number of nitrogens with one attached hydrogen (secondary N) is 1. The van der Waals surface area contributed by atoms with Gasteiger partial charge in [-0.3, -0.25) is 5.32 Å². The van der Waals surface area contributed by atoms with Crippen molar-refractivity contribution in [2.24, 2.45) is 0 Å². The van der Waals surface area contributed by atoms with Gasteiger partial charge in [-0.25, -0.2) is 9.18 Å². The molecule has 1 N–H and O–H groups in total. The molecule has 1 unspecified atom stereocenters. The molecule has 0 saturated heterocycles. The summed E-state index contributed by atoms with van der Waals surface area (Å²) in [4.78, 5) is 11.4. The number of hydrogen-bond acceptors (Lipinski definition) is 3. The molecule has 4 nitrogen and oxygen atoms in total. The van der Waals surface area contributed by atoms with E-state index in [-0.39, 0.29) is 5.56 Å². The standard InChI is InChI=1S/C11H11Cl3FNO3/c1-18-9(17)16-10(19-2,11(12,13)14)7-3-5-8(15)6-4-7/h3-6H,1-2H3,(H,16,17). The molecular weight excluding hydrogens is 319 g/mol. The van der Waals surface area contributed by atoms with E-state index in [1.165, 1.54) is 19.2 Å². The molecule has 1 amide bonds. The highest BCUT2D eigenvalue weighted by molar-refractivity contribution is 6.68. The van der Waals surface area contributed by atoms with Gasteiger partial charge < -0.3 is 9.47 Å². The summed E-state index contributed by atoms with van der Waals surface area (Å²) < 4.78 is 20.5. The predicted octanol–water partition coefficient (Wildman–Crippen LogP) is 3.35. The molecule has 0 bridgehead atoms. The second-order valence-electron chi connectivity index (χ2n) is 3.51. The molecule has 0 fully saturated rings. The molecule has 0 aliphatic heterocycles. The van der Waals surface area contributed by atoms with E-state index in [0.29, 0.717) is 0 Å². The van der Waals surface area contributed by atoms with Crippen molar-refractivity contribution in [2.45, 2.75) is 9.52 Å². The number of amides is 1. The van der Waals surface area contributed by atoms with E-state index in [0.717, 1.165) is 19.2 Å². The lowest BCUT2D eigenvalue weighted by atomic mass is 10.0. The Labute approximate surface area is 124 Å². The van der Waals surface area contributed by atoms with E-state index in [4.69, 9.17) is 39.5 Å². The minimum Gasteiger partial charge on any atom is -0.453 e. The van der Waals surface area contributed by atoms with Gasteiger partial charge in [-0.2, -0.15) is 0 Å². The topological polar surface area (TPSA) is 47.6 Å². The van der Waals surface area contributed by atoms with Crippen LogP contribution in [0.5, 0.6) is 0 Å². The van der Waals surface area contributed by atoms with Crippen molar-refractivity contribution in [1.82, 2.24) is 5.32 Å². The molecule has 1 rings (SSSR count). The van der Waals surface area contributed by atoms with Gasteiger partial charge in [0, 0.05) is 12.7 Å². The average Bonchev–Trinajstić information content (AvgIpc) is 2.35. The summed E-state index contributed by atoms with van der Waals surface area (Å²) in [5.41, 5.74) is -1.56. The largest absolute Gasteiger partial charge is 0.453 e. The number of carbonyl (C=O) groups is 1. The number of hydrogen-bond donors (Lipinski definition) is 1. The highest BCUT2D eigenvalue weighted by Gasteiger charge is 2.52. The molecule has 0 aliphatic carbocycles. The maximum Gasteiger partial charge on any atom is 0.409 e. The number of alkyl carbamates (subject to hydrolysis) is 1. The monoisotopic (exact) mass is 329 g/mol. The molecule has 1 aromatic rings. The third kappa shape index (κ3) is 3.42. The van der Waals surface area contributed by atoms with Crippen LogP contribution in [0.15, 0.2) is 24.3 Å². The first kappa shape index (κ1) is 16.3. The van der Waals surface area contributed by atoms with Crippen LogP contribution in [0.1, 0.15) is 5.56 Å². The third-order valence-corrected chi connectivity index (χ3v) is 3.22. The van der Waals surface area contributed by atoms with Crippen molar-refractivity contribution in [3.63, 3.8) is 0 Å². The molecule has 0 radical (unpaired) electrons. The van der Waals surface area contributed by atoms with E-state index >= 15 is 0 Å². The van der Waals surface area contributed by atoms with Crippen LogP contribution in [0.25, 0.3) is 0 Å². The Hall–Kier alpha value is -0.750. The molecule has 0 aromatic heterocycles. The van der Waals surface area contributed by atoms with E-state index in [1.54, 1.807) is 0 Å². The van der Waals surface area contributed by atoms with Gasteiger partial charge in [0.15, 0.2) is 0 Å². The first-order valence-electron chi connectivity index (χ1n) is 5.01. The predicted molar refractivity (Wildman–Crippen MR) is 70.9 cm³/mol. The first-order valence-corrected chi connectivity index (χ1v) is 6.14. The van der Waals surface area contributed by atoms with E-state index < -0.39 is 21.4 Å². The molecule has 0 saturated carbocycles. The lowest BCUT2D eigenvalue weighted by molar-refractivity contribution is -0.0382. The van der Waals surface area contributed by atoms with Crippen LogP contribution in [0.2, 0.25) is 0 Å². The van der Waals surface area contributed by atoms with Crippen molar-refractivity contribution >= 4 is 40.9 Å². The maximum atomic E-state index is 13.0. The van der Waals surface area contributed by atoms with Gasteiger partial charge in [-0.05, 0) is 12.1 Å². The fourth-order valence-corrected chi connectivity index (χ4v) is 2.17. The molecule has 0 heterocycles. The number of carbonyl (C=O) groups excluding carboxylic acids is 1. The van der Waals surface area contributed by atoms with Gasteiger partial charge >= 0.3 is 6.09 Å². The lowest BCUT2D eigenvalue weighted by Crippen LogP contribution is -2.56. The first-order chi connectivity index (χ1) is 8.76. The fraction of sp³-hybridized carbons (Fsp3) is 0.364. The van der Waals surface area contributed by atoms with Gasteiger partial charge in [0.05, 0.1) is 7.11 Å².